The zero-order valence-corrected chi connectivity index (χ0v) is 20.2. The number of piperazine rings is 1. The number of aliphatic imine (C=N–C) groups is 1. The van der Waals surface area contributed by atoms with E-state index in [1.807, 2.05) is 13.8 Å². The molecule has 2 heterocycles. The molecular weight excluding hydrogens is 404 g/mol. The molecule has 9 nitrogen and oxygen atoms in total. The highest BCUT2D eigenvalue weighted by Crippen LogP contribution is 2.09. The molecule has 0 radical (unpaired) electrons. The Morgan fingerprint density at radius 2 is 1.80 bits per heavy atom. The summed E-state index contributed by atoms with van der Waals surface area (Å²) >= 11 is 0. The van der Waals surface area contributed by atoms with Gasteiger partial charge in [0.15, 0.2) is 5.96 Å². The quantitative estimate of drug-likeness (QED) is 0.302. The summed E-state index contributed by atoms with van der Waals surface area (Å²) < 4.78 is 32.0. The molecule has 0 bridgehead atoms. The van der Waals surface area contributed by atoms with Crippen molar-refractivity contribution in [2.75, 3.05) is 91.9 Å². The first-order valence-electron chi connectivity index (χ1n) is 11.3. The van der Waals surface area contributed by atoms with Crippen molar-refractivity contribution < 1.29 is 13.2 Å². The normalized spacial score (nSPS) is 21.2. The first-order valence-corrected chi connectivity index (χ1v) is 12.9. The smallest absolute Gasteiger partial charge is 0.216 e. The number of likely N-dealkylation sites (N-methyl/N-ethyl adjacent to an activating group) is 1. The van der Waals surface area contributed by atoms with E-state index in [1.54, 1.807) is 11.4 Å². The maximum absolute atomic E-state index is 12.5. The Morgan fingerprint density at radius 3 is 2.47 bits per heavy atom. The zero-order valence-electron chi connectivity index (χ0n) is 19.3. The first-order chi connectivity index (χ1) is 14.3. The molecule has 0 atom stereocenters. The van der Waals surface area contributed by atoms with Gasteiger partial charge in [-0.15, -0.1) is 0 Å². The summed E-state index contributed by atoms with van der Waals surface area (Å²) in [6.45, 7) is 13.0. The van der Waals surface area contributed by atoms with Crippen molar-refractivity contribution in [2.45, 2.75) is 32.8 Å². The predicted octanol–water partition coefficient (Wildman–Crippen LogP) is -0.0382. The molecule has 0 amide bonds. The van der Waals surface area contributed by atoms with Crippen LogP contribution in [-0.2, 0) is 14.8 Å². The van der Waals surface area contributed by atoms with Crippen LogP contribution < -0.4 is 5.32 Å². The Morgan fingerprint density at radius 1 is 1.07 bits per heavy atom. The van der Waals surface area contributed by atoms with Crippen LogP contribution in [0.3, 0.4) is 0 Å². The highest BCUT2D eigenvalue weighted by Gasteiger charge is 2.28. The molecule has 0 aromatic heterocycles. The Labute approximate surface area is 183 Å². The van der Waals surface area contributed by atoms with Crippen LogP contribution in [0.25, 0.3) is 0 Å². The third-order valence-electron chi connectivity index (χ3n) is 5.68. The molecule has 0 spiro atoms. The van der Waals surface area contributed by atoms with Crippen molar-refractivity contribution in [3.05, 3.63) is 0 Å². The molecule has 1 N–H and O–H groups in total. The molecule has 0 aliphatic carbocycles. The fraction of sp³-hybridized carbons (Fsp3) is 0.950. The molecule has 2 fully saturated rings. The summed E-state index contributed by atoms with van der Waals surface area (Å²) in [5.74, 6) is 0.913. The number of nitrogens with one attached hydrogen (secondary N) is 1. The van der Waals surface area contributed by atoms with Crippen LogP contribution in [-0.4, -0.2) is 131 Å². The number of rotatable bonds is 9. The molecule has 0 saturated carbocycles. The number of hydrogen-bond donors (Lipinski definition) is 1. The average Bonchev–Trinajstić information content (AvgIpc) is 2.92. The van der Waals surface area contributed by atoms with Gasteiger partial charge in [-0.05, 0) is 53.4 Å². The van der Waals surface area contributed by atoms with E-state index >= 15 is 0 Å². The molecule has 176 valence electrons. The van der Waals surface area contributed by atoms with Crippen molar-refractivity contribution in [3.63, 3.8) is 0 Å². The molecule has 0 aromatic carbocycles. The van der Waals surface area contributed by atoms with Gasteiger partial charge in [0.25, 0.3) is 0 Å². The van der Waals surface area contributed by atoms with E-state index < -0.39 is 10.0 Å². The van der Waals surface area contributed by atoms with Gasteiger partial charge in [-0.1, -0.05) is 0 Å². The Hall–Kier alpha value is -0.940. The third kappa shape index (κ3) is 8.66. The van der Waals surface area contributed by atoms with Crippen molar-refractivity contribution >= 4 is 16.0 Å². The van der Waals surface area contributed by atoms with Gasteiger partial charge in [-0.3, -0.25) is 4.99 Å². The van der Waals surface area contributed by atoms with E-state index in [4.69, 9.17) is 4.74 Å². The fourth-order valence-electron chi connectivity index (χ4n) is 3.86. The average molecular weight is 447 g/mol. The van der Waals surface area contributed by atoms with Crippen LogP contribution in [0.2, 0.25) is 0 Å². The third-order valence-corrected chi connectivity index (χ3v) is 7.52. The molecule has 2 rings (SSSR count). The number of hydrogen-bond acceptors (Lipinski definition) is 6. The minimum absolute atomic E-state index is 0.0461. The van der Waals surface area contributed by atoms with Crippen molar-refractivity contribution in [2.24, 2.45) is 4.99 Å². The lowest BCUT2D eigenvalue weighted by atomic mass is 10.3. The Kier molecular flexibility index (Phi) is 10.8. The van der Waals surface area contributed by atoms with Gasteiger partial charge in [-0.25, -0.2) is 8.42 Å². The van der Waals surface area contributed by atoms with Crippen LogP contribution in [0.5, 0.6) is 0 Å². The predicted molar refractivity (Wildman–Crippen MR) is 123 cm³/mol. The monoisotopic (exact) mass is 446 g/mol. The van der Waals surface area contributed by atoms with E-state index in [2.05, 4.69) is 32.1 Å². The Bertz CT molecular complexity index is 620. The van der Waals surface area contributed by atoms with Gasteiger partial charge >= 0.3 is 0 Å². The summed E-state index contributed by atoms with van der Waals surface area (Å²) in [5, 5.41) is 3.45. The maximum atomic E-state index is 12.5. The minimum atomic E-state index is -3.26. The summed E-state index contributed by atoms with van der Waals surface area (Å²) in [7, 11) is 0.722. The SMILES string of the molecule is CN=C(NCCCN1CCCN(C)CC1)N1CCN(S(=O)(=O)CCOC(C)C)CC1. The number of nitrogens with zero attached hydrogens (tertiary/aromatic N) is 5. The second-order valence-corrected chi connectivity index (χ2v) is 10.5. The summed E-state index contributed by atoms with van der Waals surface area (Å²) in [6, 6.07) is 0. The van der Waals surface area contributed by atoms with E-state index in [9.17, 15) is 8.42 Å². The molecular formula is C20H42N6O3S. The van der Waals surface area contributed by atoms with Gasteiger partial charge in [0.2, 0.25) is 10.0 Å². The summed E-state index contributed by atoms with van der Waals surface area (Å²) in [4.78, 5) is 11.5. The second kappa shape index (κ2) is 12.8. The first kappa shape index (κ1) is 25.3. The van der Waals surface area contributed by atoms with E-state index in [0.29, 0.717) is 26.2 Å². The lowest BCUT2D eigenvalue weighted by molar-refractivity contribution is 0.0904. The van der Waals surface area contributed by atoms with Crippen molar-refractivity contribution in [1.82, 2.24) is 24.3 Å². The fourth-order valence-corrected chi connectivity index (χ4v) is 5.14. The Balaban J connectivity index is 1.68. The van der Waals surface area contributed by atoms with Gasteiger partial charge in [0.1, 0.15) is 0 Å². The van der Waals surface area contributed by atoms with Crippen LogP contribution in [0.4, 0.5) is 0 Å². The van der Waals surface area contributed by atoms with E-state index in [-0.39, 0.29) is 18.5 Å². The van der Waals surface area contributed by atoms with Crippen LogP contribution in [0.1, 0.15) is 26.7 Å². The van der Waals surface area contributed by atoms with E-state index in [1.165, 1.54) is 19.5 Å². The number of sulfonamides is 1. The highest BCUT2D eigenvalue weighted by atomic mass is 32.2. The standard InChI is InChI=1S/C20H42N6O3S/c1-19(2)29-17-18-30(27,28)26-15-13-25(14-16-26)20(21-3)22-7-5-9-24-10-6-8-23(4)11-12-24/h19H,5-18H2,1-4H3,(H,21,22). The molecule has 30 heavy (non-hydrogen) atoms. The van der Waals surface area contributed by atoms with Crippen LogP contribution >= 0.6 is 0 Å². The second-order valence-electron chi connectivity index (χ2n) is 8.45. The van der Waals surface area contributed by atoms with Gasteiger partial charge in [0, 0.05) is 52.9 Å². The molecule has 10 heteroatoms. The van der Waals surface area contributed by atoms with Gasteiger partial charge < -0.3 is 24.8 Å². The summed E-state index contributed by atoms with van der Waals surface area (Å²) in [5.41, 5.74) is 0. The number of ether oxygens (including phenoxy) is 1. The van der Waals surface area contributed by atoms with Crippen LogP contribution in [0.15, 0.2) is 4.99 Å². The molecule has 0 aromatic rings. The minimum Gasteiger partial charge on any atom is -0.378 e. The largest absolute Gasteiger partial charge is 0.378 e. The lowest BCUT2D eigenvalue weighted by Gasteiger charge is -2.36. The lowest BCUT2D eigenvalue weighted by Crippen LogP contribution is -2.54. The molecule has 2 saturated heterocycles. The molecule has 0 unspecified atom stereocenters. The van der Waals surface area contributed by atoms with Gasteiger partial charge in [-0.2, -0.15) is 4.31 Å². The van der Waals surface area contributed by atoms with Gasteiger partial charge in [0.05, 0.1) is 18.5 Å². The maximum Gasteiger partial charge on any atom is 0.216 e. The van der Waals surface area contributed by atoms with Crippen molar-refractivity contribution in [1.29, 1.82) is 0 Å². The van der Waals surface area contributed by atoms with Crippen LogP contribution in [0, 0.1) is 0 Å². The number of guanidine groups is 1. The summed E-state index contributed by atoms with van der Waals surface area (Å²) in [6.07, 6.45) is 2.36. The molecule has 2 aliphatic heterocycles. The van der Waals surface area contributed by atoms with E-state index in [0.717, 1.165) is 38.6 Å². The molecule has 2 aliphatic rings. The zero-order chi connectivity index (χ0) is 22.0. The topological polar surface area (TPSA) is 80.7 Å². The van der Waals surface area contributed by atoms with Crippen molar-refractivity contribution in [3.8, 4) is 0 Å². The highest BCUT2D eigenvalue weighted by molar-refractivity contribution is 7.89.